The molecule has 92 valence electrons. The van der Waals surface area contributed by atoms with E-state index in [9.17, 15) is 5.11 Å². The summed E-state index contributed by atoms with van der Waals surface area (Å²) in [4.78, 5) is 0. The molecule has 0 rings (SSSR count). The first-order valence-electron chi connectivity index (χ1n) is 6.47. The summed E-state index contributed by atoms with van der Waals surface area (Å²) in [6.07, 6.45) is 5.45. The SMILES string of the molecule is CCCCC(O)C(C)(C)C(C)(C)CCC. The van der Waals surface area contributed by atoms with E-state index in [0.29, 0.717) is 0 Å². The van der Waals surface area contributed by atoms with Gasteiger partial charge in [-0.15, -0.1) is 0 Å². The molecule has 0 radical (unpaired) electrons. The van der Waals surface area contributed by atoms with Gasteiger partial charge < -0.3 is 5.11 Å². The average Bonchev–Trinajstić information content (AvgIpc) is 2.13. The monoisotopic (exact) mass is 214 g/mol. The second-order valence-electron chi connectivity index (χ2n) is 6.01. The lowest BCUT2D eigenvalue weighted by Gasteiger charge is -2.45. The van der Waals surface area contributed by atoms with Crippen LogP contribution in [0.5, 0.6) is 0 Å². The highest BCUT2D eigenvalue weighted by Gasteiger charge is 2.41. The van der Waals surface area contributed by atoms with Crippen molar-refractivity contribution in [3.8, 4) is 0 Å². The van der Waals surface area contributed by atoms with Crippen molar-refractivity contribution < 1.29 is 5.11 Å². The van der Waals surface area contributed by atoms with Crippen molar-refractivity contribution in [2.24, 2.45) is 10.8 Å². The molecule has 1 nitrogen and oxygen atoms in total. The molecule has 0 amide bonds. The molecule has 0 aromatic rings. The van der Waals surface area contributed by atoms with E-state index in [1.165, 1.54) is 19.3 Å². The number of hydrogen-bond acceptors (Lipinski definition) is 1. The Bertz CT molecular complexity index is 170. The van der Waals surface area contributed by atoms with E-state index in [1.807, 2.05) is 0 Å². The van der Waals surface area contributed by atoms with E-state index >= 15 is 0 Å². The van der Waals surface area contributed by atoms with Crippen molar-refractivity contribution >= 4 is 0 Å². The summed E-state index contributed by atoms with van der Waals surface area (Å²) in [5.74, 6) is 0. The lowest BCUT2D eigenvalue weighted by atomic mass is 9.62. The van der Waals surface area contributed by atoms with Gasteiger partial charge in [0.05, 0.1) is 6.10 Å². The minimum absolute atomic E-state index is 0.0121. The fourth-order valence-electron chi connectivity index (χ4n) is 2.16. The van der Waals surface area contributed by atoms with Gasteiger partial charge in [0, 0.05) is 0 Å². The highest BCUT2D eigenvalue weighted by atomic mass is 16.3. The quantitative estimate of drug-likeness (QED) is 0.666. The zero-order chi connectivity index (χ0) is 12.1. The first-order valence-corrected chi connectivity index (χ1v) is 6.47. The Morgan fingerprint density at radius 2 is 1.53 bits per heavy atom. The highest BCUT2D eigenvalue weighted by Crippen LogP contribution is 2.45. The van der Waals surface area contributed by atoms with Gasteiger partial charge in [0.15, 0.2) is 0 Å². The van der Waals surface area contributed by atoms with Gasteiger partial charge in [-0.1, -0.05) is 60.8 Å². The second-order valence-corrected chi connectivity index (χ2v) is 6.01. The number of hydrogen-bond donors (Lipinski definition) is 1. The summed E-state index contributed by atoms with van der Waals surface area (Å²) in [5.41, 5.74) is 0.229. The summed E-state index contributed by atoms with van der Waals surface area (Å²) in [6, 6.07) is 0. The molecule has 0 fully saturated rings. The summed E-state index contributed by atoms with van der Waals surface area (Å²) >= 11 is 0. The topological polar surface area (TPSA) is 20.2 Å². The summed E-state index contributed by atoms with van der Waals surface area (Å²) in [7, 11) is 0. The molecule has 0 bridgehead atoms. The summed E-state index contributed by atoms with van der Waals surface area (Å²) in [6.45, 7) is 13.4. The fourth-order valence-corrected chi connectivity index (χ4v) is 2.16. The third kappa shape index (κ3) is 3.79. The van der Waals surface area contributed by atoms with Crippen LogP contribution < -0.4 is 0 Å². The van der Waals surface area contributed by atoms with Crippen LogP contribution in [0.1, 0.15) is 73.6 Å². The molecule has 0 saturated carbocycles. The largest absolute Gasteiger partial charge is 0.393 e. The number of aliphatic hydroxyl groups is 1. The molecule has 0 spiro atoms. The Kier molecular flexibility index (Phi) is 5.87. The fraction of sp³-hybridized carbons (Fsp3) is 1.00. The zero-order valence-corrected chi connectivity index (χ0v) is 11.6. The molecule has 0 heterocycles. The third-order valence-electron chi connectivity index (χ3n) is 4.28. The predicted octanol–water partition coefficient (Wildman–Crippen LogP) is 4.39. The van der Waals surface area contributed by atoms with Crippen molar-refractivity contribution in [3.63, 3.8) is 0 Å². The Balaban J connectivity index is 4.48. The molecule has 0 aliphatic rings. The van der Waals surface area contributed by atoms with Crippen LogP contribution in [0.3, 0.4) is 0 Å². The Morgan fingerprint density at radius 3 is 1.93 bits per heavy atom. The van der Waals surface area contributed by atoms with E-state index in [1.54, 1.807) is 0 Å². The lowest BCUT2D eigenvalue weighted by molar-refractivity contribution is -0.0453. The van der Waals surface area contributed by atoms with Crippen LogP contribution in [0.2, 0.25) is 0 Å². The molecule has 1 unspecified atom stereocenters. The van der Waals surface area contributed by atoms with Crippen molar-refractivity contribution in [1.82, 2.24) is 0 Å². The third-order valence-corrected chi connectivity index (χ3v) is 4.28. The van der Waals surface area contributed by atoms with Gasteiger partial charge in [0.25, 0.3) is 0 Å². The predicted molar refractivity (Wildman–Crippen MR) is 68.0 cm³/mol. The van der Waals surface area contributed by atoms with E-state index in [0.717, 1.165) is 12.8 Å². The van der Waals surface area contributed by atoms with Gasteiger partial charge in [-0.2, -0.15) is 0 Å². The van der Waals surface area contributed by atoms with E-state index in [2.05, 4.69) is 41.5 Å². The van der Waals surface area contributed by atoms with E-state index in [-0.39, 0.29) is 16.9 Å². The molecule has 0 aliphatic heterocycles. The Hall–Kier alpha value is -0.0400. The van der Waals surface area contributed by atoms with Gasteiger partial charge in [-0.25, -0.2) is 0 Å². The maximum absolute atomic E-state index is 10.3. The highest BCUT2D eigenvalue weighted by molar-refractivity contribution is 4.90. The van der Waals surface area contributed by atoms with Gasteiger partial charge >= 0.3 is 0 Å². The maximum Gasteiger partial charge on any atom is 0.0596 e. The van der Waals surface area contributed by atoms with Crippen molar-refractivity contribution in [2.45, 2.75) is 79.8 Å². The molecule has 0 aromatic heterocycles. The number of aliphatic hydroxyl groups excluding tert-OH is 1. The van der Waals surface area contributed by atoms with Crippen LogP contribution in [-0.4, -0.2) is 11.2 Å². The number of unbranched alkanes of at least 4 members (excludes halogenated alkanes) is 1. The molecular weight excluding hydrogens is 184 g/mol. The van der Waals surface area contributed by atoms with Crippen LogP contribution in [0, 0.1) is 10.8 Å². The first-order chi connectivity index (χ1) is 6.79. The molecule has 1 atom stereocenters. The molecule has 1 N–H and O–H groups in total. The number of rotatable bonds is 7. The van der Waals surface area contributed by atoms with Crippen molar-refractivity contribution in [3.05, 3.63) is 0 Å². The van der Waals surface area contributed by atoms with E-state index in [4.69, 9.17) is 0 Å². The summed E-state index contributed by atoms with van der Waals surface area (Å²) < 4.78 is 0. The lowest BCUT2D eigenvalue weighted by Crippen LogP contribution is -2.42. The average molecular weight is 214 g/mol. The maximum atomic E-state index is 10.3. The van der Waals surface area contributed by atoms with Crippen molar-refractivity contribution in [1.29, 1.82) is 0 Å². The minimum Gasteiger partial charge on any atom is -0.393 e. The zero-order valence-electron chi connectivity index (χ0n) is 11.6. The molecule has 0 aromatic carbocycles. The smallest absolute Gasteiger partial charge is 0.0596 e. The summed E-state index contributed by atoms with van der Waals surface area (Å²) in [5, 5.41) is 10.3. The standard InChI is InChI=1S/C14H30O/c1-7-9-10-12(15)14(5,6)13(3,4)11-8-2/h12,15H,7-11H2,1-6H3. The van der Waals surface area contributed by atoms with Crippen LogP contribution in [0.4, 0.5) is 0 Å². The van der Waals surface area contributed by atoms with Crippen LogP contribution >= 0.6 is 0 Å². The van der Waals surface area contributed by atoms with Crippen LogP contribution in [0.15, 0.2) is 0 Å². The minimum atomic E-state index is -0.168. The van der Waals surface area contributed by atoms with Gasteiger partial charge in [0.1, 0.15) is 0 Å². The van der Waals surface area contributed by atoms with Gasteiger partial charge in [-0.3, -0.25) is 0 Å². The van der Waals surface area contributed by atoms with Gasteiger partial charge in [0.2, 0.25) is 0 Å². The van der Waals surface area contributed by atoms with Crippen molar-refractivity contribution in [2.75, 3.05) is 0 Å². The van der Waals surface area contributed by atoms with E-state index < -0.39 is 0 Å². The molecular formula is C14H30O. The van der Waals surface area contributed by atoms with Crippen LogP contribution in [0.25, 0.3) is 0 Å². The second kappa shape index (κ2) is 5.89. The van der Waals surface area contributed by atoms with Gasteiger partial charge in [-0.05, 0) is 23.7 Å². The molecule has 0 aliphatic carbocycles. The Labute approximate surface area is 96.3 Å². The Morgan fingerprint density at radius 1 is 1.00 bits per heavy atom. The molecule has 0 saturated heterocycles. The normalized spacial score (nSPS) is 15.4. The molecule has 1 heteroatoms. The first kappa shape index (κ1) is 15.0. The molecule has 15 heavy (non-hydrogen) atoms. The van der Waals surface area contributed by atoms with Crippen LogP contribution in [-0.2, 0) is 0 Å².